The Morgan fingerprint density at radius 1 is 1.48 bits per heavy atom. The molecule has 0 aliphatic heterocycles. The van der Waals surface area contributed by atoms with Crippen molar-refractivity contribution in [3.05, 3.63) is 23.2 Å². The fraction of sp³-hybridized carbons (Fsp3) is 0.467. The van der Waals surface area contributed by atoms with E-state index in [0.29, 0.717) is 5.02 Å². The average Bonchev–Trinajstić information content (AvgIpc) is 3.20. The fourth-order valence-electron chi connectivity index (χ4n) is 2.47. The van der Waals surface area contributed by atoms with Crippen LogP contribution in [-0.4, -0.2) is 26.4 Å². The number of thioether (sulfide) groups is 1. The quantitative estimate of drug-likeness (QED) is 0.780. The summed E-state index contributed by atoms with van der Waals surface area (Å²) in [6.45, 7) is 0.870. The van der Waals surface area contributed by atoms with Crippen molar-refractivity contribution < 1.29 is 9.90 Å². The van der Waals surface area contributed by atoms with Crippen molar-refractivity contribution in [2.75, 3.05) is 5.75 Å². The van der Waals surface area contributed by atoms with E-state index in [-0.39, 0.29) is 5.75 Å². The molecule has 1 aliphatic carbocycles. The number of carbonyl (C=O) groups is 1. The third kappa shape index (κ3) is 3.71. The van der Waals surface area contributed by atoms with Gasteiger partial charge in [-0.2, -0.15) is 0 Å². The molecule has 21 heavy (non-hydrogen) atoms. The van der Waals surface area contributed by atoms with Gasteiger partial charge < -0.3 is 9.67 Å². The van der Waals surface area contributed by atoms with Gasteiger partial charge in [0.25, 0.3) is 0 Å². The van der Waals surface area contributed by atoms with Gasteiger partial charge in [-0.25, -0.2) is 4.98 Å². The molecule has 4 nitrogen and oxygen atoms in total. The Morgan fingerprint density at radius 2 is 2.29 bits per heavy atom. The number of aromatic nitrogens is 2. The number of aliphatic carboxylic acids is 1. The lowest BCUT2D eigenvalue weighted by atomic mass is 10.2. The van der Waals surface area contributed by atoms with E-state index < -0.39 is 5.97 Å². The molecule has 0 spiro atoms. The van der Waals surface area contributed by atoms with Gasteiger partial charge in [0.05, 0.1) is 16.8 Å². The van der Waals surface area contributed by atoms with Gasteiger partial charge in [-0.3, -0.25) is 4.79 Å². The zero-order chi connectivity index (χ0) is 14.8. The van der Waals surface area contributed by atoms with Gasteiger partial charge >= 0.3 is 5.97 Å². The number of carboxylic acid groups (broad SMARTS) is 1. The third-order valence-corrected chi connectivity index (χ3v) is 4.89. The third-order valence-electron chi connectivity index (χ3n) is 3.69. The van der Waals surface area contributed by atoms with E-state index in [4.69, 9.17) is 16.7 Å². The zero-order valence-electron chi connectivity index (χ0n) is 11.6. The number of carboxylic acids is 1. The highest BCUT2D eigenvalue weighted by atomic mass is 35.5. The monoisotopic (exact) mass is 324 g/mol. The van der Waals surface area contributed by atoms with Crippen LogP contribution in [0.4, 0.5) is 0 Å². The molecule has 0 bridgehead atoms. The molecule has 3 rings (SSSR count). The Morgan fingerprint density at radius 3 is 3.00 bits per heavy atom. The molecule has 0 saturated heterocycles. The summed E-state index contributed by atoms with van der Waals surface area (Å²) in [5.41, 5.74) is 1.87. The smallest absolute Gasteiger partial charge is 0.313 e. The molecule has 0 amide bonds. The summed E-state index contributed by atoms with van der Waals surface area (Å²) >= 11 is 7.35. The van der Waals surface area contributed by atoms with Gasteiger partial charge in [-0.15, -0.1) is 0 Å². The van der Waals surface area contributed by atoms with E-state index >= 15 is 0 Å². The lowest BCUT2D eigenvalue weighted by Crippen LogP contribution is -2.04. The predicted molar refractivity (Wildman–Crippen MR) is 85.1 cm³/mol. The lowest BCUT2D eigenvalue weighted by Gasteiger charge is -2.08. The molecule has 1 aliphatic rings. The first-order chi connectivity index (χ1) is 10.1. The minimum atomic E-state index is -0.824. The van der Waals surface area contributed by atoms with Crippen LogP contribution in [0.2, 0.25) is 5.02 Å². The second kappa shape index (κ2) is 6.28. The predicted octanol–water partition coefficient (Wildman–Crippen LogP) is 4.06. The van der Waals surface area contributed by atoms with Crippen molar-refractivity contribution in [3.63, 3.8) is 0 Å². The Bertz CT molecular complexity index is 667. The van der Waals surface area contributed by atoms with Gasteiger partial charge in [0.15, 0.2) is 5.16 Å². The standard InChI is InChI=1S/C15H17ClN2O2S/c16-11-5-6-12-13(8-11)18(7-1-2-10-3-4-10)15(17-12)21-9-14(19)20/h5-6,8,10H,1-4,7,9H2,(H,19,20). The molecule has 0 unspecified atom stereocenters. The molecule has 1 heterocycles. The molecule has 112 valence electrons. The molecule has 1 saturated carbocycles. The van der Waals surface area contributed by atoms with Crippen molar-refractivity contribution in [2.45, 2.75) is 37.4 Å². The topological polar surface area (TPSA) is 55.1 Å². The molecular weight excluding hydrogens is 308 g/mol. The highest BCUT2D eigenvalue weighted by Gasteiger charge is 2.21. The number of hydrogen-bond acceptors (Lipinski definition) is 3. The molecule has 0 radical (unpaired) electrons. The van der Waals surface area contributed by atoms with Crippen LogP contribution in [0.3, 0.4) is 0 Å². The van der Waals surface area contributed by atoms with Gasteiger partial charge in [-0.1, -0.05) is 36.2 Å². The minimum Gasteiger partial charge on any atom is -0.481 e. The summed E-state index contributed by atoms with van der Waals surface area (Å²) < 4.78 is 2.11. The molecule has 2 aromatic rings. The Hall–Kier alpha value is -1.20. The highest BCUT2D eigenvalue weighted by molar-refractivity contribution is 7.99. The number of hydrogen-bond donors (Lipinski definition) is 1. The van der Waals surface area contributed by atoms with Crippen molar-refractivity contribution in [1.29, 1.82) is 0 Å². The number of fused-ring (bicyclic) bond motifs is 1. The van der Waals surface area contributed by atoms with E-state index in [1.165, 1.54) is 31.0 Å². The number of rotatable bonds is 7. The zero-order valence-corrected chi connectivity index (χ0v) is 13.2. The molecule has 1 fully saturated rings. The molecule has 6 heteroatoms. The van der Waals surface area contributed by atoms with E-state index in [0.717, 1.165) is 35.1 Å². The number of benzene rings is 1. The number of nitrogens with zero attached hydrogens (tertiary/aromatic N) is 2. The van der Waals surface area contributed by atoms with Gasteiger partial charge in [0, 0.05) is 11.6 Å². The van der Waals surface area contributed by atoms with Crippen LogP contribution in [0.15, 0.2) is 23.4 Å². The lowest BCUT2D eigenvalue weighted by molar-refractivity contribution is -0.133. The maximum absolute atomic E-state index is 10.8. The normalized spacial score (nSPS) is 14.7. The van der Waals surface area contributed by atoms with Crippen LogP contribution >= 0.6 is 23.4 Å². The van der Waals surface area contributed by atoms with Crippen LogP contribution in [0.25, 0.3) is 11.0 Å². The summed E-state index contributed by atoms with van der Waals surface area (Å²) in [4.78, 5) is 15.3. The SMILES string of the molecule is O=C(O)CSc1nc2ccc(Cl)cc2n1CCCC1CC1. The first-order valence-corrected chi connectivity index (χ1v) is 8.50. The first kappa shape index (κ1) is 14.7. The molecule has 1 aromatic carbocycles. The number of imidazole rings is 1. The molecule has 0 atom stereocenters. The second-order valence-corrected chi connectivity index (χ2v) is 6.83. The summed E-state index contributed by atoms with van der Waals surface area (Å²) in [6.07, 6.45) is 5.06. The minimum absolute atomic E-state index is 0.0275. The van der Waals surface area contributed by atoms with Crippen LogP contribution < -0.4 is 0 Å². The maximum atomic E-state index is 10.8. The van der Waals surface area contributed by atoms with Crippen molar-refractivity contribution in [2.24, 2.45) is 5.92 Å². The summed E-state index contributed by atoms with van der Waals surface area (Å²) in [5.74, 6) is 0.104. The summed E-state index contributed by atoms with van der Waals surface area (Å²) in [5, 5.41) is 10.3. The number of halogens is 1. The van der Waals surface area contributed by atoms with Crippen LogP contribution in [0, 0.1) is 5.92 Å². The Balaban J connectivity index is 1.84. The van der Waals surface area contributed by atoms with E-state index in [2.05, 4.69) is 9.55 Å². The van der Waals surface area contributed by atoms with E-state index in [1.807, 2.05) is 18.2 Å². The van der Waals surface area contributed by atoms with Gasteiger partial charge in [-0.05, 0) is 37.0 Å². The van der Waals surface area contributed by atoms with Crippen molar-refractivity contribution in [3.8, 4) is 0 Å². The van der Waals surface area contributed by atoms with E-state index in [9.17, 15) is 4.79 Å². The molecular formula is C15H17ClN2O2S. The first-order valence-electron chi connectivity index (χ1n) is 7.14. The van der Waals surface area contributed by atoms with Crippen LogP contribution in [0.5, 0.6) is 0 Å². The van der Waals surface area contributed by atoms with Crippen molar-refractivity contribution in [1.82, 2.24) is 9.55 Å². The Labute approximate surface area is 132 Å². The van der Waals surface area contributed by atoms with Crippen LogP contribution in [0.1, 0.15) is 25.7 Å². The fourth-order valence-corrected chi connectivity index (χ4v) is 3.40. The second-order valence-electron chi connectivity index (χ2n) is 5.45. The van der Waals surface area contributed by atoms with Gasteiger partial charge in [0.2, 0.25) is 0 Å². The van der Waals surface area contributed by atoms with Crippen molar-refractivity contribution >= 4 is 40.4 Å². The van der Waals surface area contributed by atoms with Crippen LogP contribution in [-0.2, 0) is 11.3 Å². The number of aryl methyl sites for hydroxylation is 1. The average molecular weight is 325 g/mol. The largest absolute Gasteiger partial charge is 0.481 e. The highest BCUT2D eigenvalue weighted by Crippen LogP contribution is 2.34. The van der Waals surface area contributed by atoms with Gasteiger partial charge in [0.1, 0.15) is 0 Å². The Kier molecular flexibility index (Phi) is 4.40. The summed E-state index contributed by atoms with van der Waals surface area (Å²) in [6, 6.07) is 5.61. The summed E-state index contributed by atoms with van der Waals surface area (Å²) in [7, 11) is 0. The maximum Gasteiger partial charge on any atom is 0.313 e. The molecule has 1 aromatic heterocycles. The van der Waals surface area contributed by atoms with E-state index in [1.54, 1.807) is 0 Å². The molecule has 1 N–H and O–H groups in total.